The lowest BCUT2D eigenvalue weighted by atomic mass is 9.96. The Morgan fingerprint density at radius 2 is 1.89 bits per heavy atom. The summed E-state index contributed by atoms with van der Waals surface area (Å²) in [5.74, 6) is 0.0911. The molecule has 3 aromatic carbocycles. The highest BCUT2D eigenvalue weighted by Crippen LogP contribution is 2.37. The van der Waals surface area contributed by atoms with E-state index in [2.05, 4.69) is 5.32 Å². The molecule has 0 radical (unpaired) electrons. The van der Waals surface area contributed by atoms with E-state index in [9.17, 15) is 24.8 Å². The van der Waals surface area contributed by atoms with Crippen LogP contribution in [0, 0.1) is 10.1 Å². The van der Waals surface area contributed by atoms with Crippen LogP contribution in [-0.2, 0) is 7.05 Å². The summed E-state index contributed by atoms with van der Waals surface area (Å²) >= 11 is 0. The van der Waals surface area contributed by atoms with Gasteiger partial charge in [-0.15, -0.1) is 0 Å². The second kappa shape index (κ2) is 9.06. The molecule has 5 rings (SSSR count). The molecule has 0 unspecified atom stereocenters. The molecule has 4 aromatic rings. The summed E-state index contributed by atoms with van der Waals surface area (Å²) < 4.78 is 12.2. The summed E-state index contributed by atoms with van der Waals surface area (Å²) in [6, 6.07) is 17.1. The molecule has 10 heteroatoms. The van der Waals surface area contributed by atoms with Crippen molar-refractivity contribution in [2.45, 2.75) is 12.5 Å². The van der Waals surface area contributed by atoms with Gasteiger partial charge in [0.05, 0.1) is 16.5 Å². The molecule has 1 aromatic heterocycles. The minimum atomic E-state index is -0.704. The number of non-ortho nitro benzene ring substituents is 1. The van der Waals surface area contributed by atoms with Crippen molar-refractivity contribution in [3.05, 3.63) is 98.3 Å². The number of hydrogen-bond donors (Lipinski definition) is 2. The Kier molecular flexibility index (Phi) is 5.77. The average molecular weight is 487 g/mol. The SMILES string of the molecule is Cn1c(=O)c(C(=O)C[C@H](Nc2cccc([N+](=O)[O-])c2)c2ccc3c(c2)OCO3)c(O)c2ccccc21. The molecule has 182 valence electrons. The highest BCUT2D eigenvalue weighted by Gasteiger charge is 2.26. The van der Waals surface area contributed by atoms with Gasteiger partial charge in [0.1, 0.15) is 11.3 Å². The summed E-state index contributed by atoms with van der Waals surface area (Å²) in [4.78, 5) is 37.3. The van der Waals surface area contributed by atoms with Gasteiger partial charge >= 0.3 is 0 Å². The zero-order valence-corrected chi connectivity index (χ0v) is 19.1. The Labute approximate surface area is 204 Å². The predicted octanol–water partition coefficient (Wildman–Crippen LogP) is 4.31. The Morgan fingerprint density at radius 3 is 2.69 bits per heavy atom. The van der Waals surface area contributed by atoms with Gasteiger partial charge in [0.2, 0.25) is 6.79 Å². The number of carbonyl (C=O) groups is 1. The smallest absolute Gasteiger partial charge is 0.271 e. The number of aryl methyl sites for hydroxylation is 1. The second-order valence-electron chi connectivity index (χ2n) is 8.35. The van der Waals surface area contributed by atoms with Crippen molar-refractivity contribution in [3.8, 4) is 17.2 Å². The first-order valence-electron chi connectivity index (χ1n) is 11.1. The van der Waals surface area contributed by atoms with Crippen LogP contribution >= 0.6 is 0 Å². The highest BCUT2D eigenvalue weighted by atomic mass is 16.7. The molecule has 2 N–H and O–H groups in total. The molecule has 0 spiro atoms. The summed E-state index contributed by atoms with van der Waals surface area (Å²) in [6.07, 6.45) is -0.219. The molecule has 0 aliphatic carbocycles. The second-order valence-corrected chi connectivity index (χ2v) is 8.35. The van der Waals surface area contributed by atoms with Crippen LogP contribution in [0.3, 0.4) is 0 Å². The third-order valence-corrected chi connectivity index (χ3v) is 6.14. The van der Waals surface area contributed by atoms with Crippen molar-refractivity contribution in [3.63, 3.8) is 0 Å². The topological polar surface area (TPSA) is 133 Å². The number of benzene rings is 3. The maximum atomic E-state index is 13.5. The zero-order chi connectivity index (χ0) is 25.4. The van der Waals surface area contributed by atoms with E-state index in [1.807, 2.05) is 0 Å². The van der Waals surface area contributed by atoms with E-state index in [1.54, 1.807) is 48.5 Å². The molecular formula is C26H21N3O7. The first kappa shape index (κ1) is 22.9. The minimum Gasteiger partial charge on any atom is -0.506 e. The van der Waals surface area contributed by atoms with Gasteiger partial charge in [-0.3, -0.25) is 19.7 Å². The molecule has 36 heavy (non-hydrogen) atoms. The van der Waals surface area contributed by atoms with Gasteiger partial charge in [0.15, 0.2) is 17.3 Å². The van der Waals surface area contributed by atoms with Gasteiger partial charge in [-0.2, -0.15) is 0 Å². The third kappa shape index (κ3) is 4.09. The van der Waals surface area contributed by atoms with Crippen LogP contribution < -0.4 is 20.3 Å². The number of nitro benzene ring substituents is 1. The van der Waals surface area contributed by atoms with Crippen LogP contribution in [0.5, 0.6) is 17.2 Å². The molecule has 0 saturated heterocycles. The van der Waals surface area contributed by atoms with E-state index in [-0.39, 0.29) is 30.2 Å². The number of para-hydroxylation sites is 1. The summed E-state index contributed by atoms with van der Waals surface area (Å²) in [5, 5.41) is 25.6. The molecule has 1 atom stereocenters. The number of rotatable bonds is 7. The number of nitrogens with zero attached hydrogens (tertiary/aromatic N) is 2. The Balaban J connectivity index is 1.55. The number of nitrogens with one attached hydrogen (secondary N) is 1. The van der Waals surface area contributed by atoms with Crippen molar-refractivity contribution in [2.75, 3.05) is 12.1 Å². The molecular weight excluding hydrogens is 466 g/mol. The maximum Gasteiger partial charge on any atom is 0.271 e. The number of pyridine rings is 1. The Bertz CT molecular complexity index is 1580. The maximum absolute atomic E-state index is 13.5. The number of fused-ring (bicyclic) bond motifs is 2. The average Bonchev–Trinajstić information content (AvgIpc) is 3.35. The van der Waals surface area contributed by atoms with Crippen LogP contribution in [-0.4, -0.2) is 27.2 Å². The van der Waals surface area contributed by atoms with E-state index in [0.717, 1.165) is 0 Å². The standard InChI is InChI=1S/C26H21N3O7/c1-28-20-8-3-2-7-18(20)25(31)24(26(28)32)21(30)13-19(15-9-10-22-23(11-15)36-14-35-22)27-16-5-4-6-17(12-16)29(33)34/h2-12,19,27,31H,13-14H2,1H3/t19-/m0/s1. The molecule has 1 aliphatic heterocycles. The van der Waals surface area contributed by atoms with Crippen molar-refractivity contribution in [1.29, 1.82) is 0 Å². The van der Waals surface area contributed by atoms with Gasteiger partial charge in [0, 0.05) is 36.7 Å². The molecule has 0 saturated carbocycles. The fourth-order valence-electron chi connectivity index (χ4n) is 4.31. The minimum absolute atomic E-state index is 0.0711. The van der Waals surface area contributed by atoms with Gasteiger partial charge in [-0.05, 0) is 35.9 Å². The number of anilines is 1. The number of carbonyl (C=O) groups excluding carboxylic acids is 1. The fraction of sp³-hybridized carbons (Fsp3) is 0.154. The summed E-state index contributed by atoms with van der Waals surface area (Å²) in [7, 11) is 1.54. The van der Waals surface area contributed by atoms with Crippen molar-refractivity contribution in [1.82, 2.24) is 4.57 Å². The molecule has 0 amide bonds. The Morgan fingerprint density at radius 1 is 1.11 bits per heavy atom. The quantitative estimate of drug-likeness (QED) is 0.224. The van der Waals surface area contributed by atoms with Gasteiger partial charge in [-0.1, -0.05) is 24.3 Å². The highest BCUT2D eigenvalue weighted by molar-refractivity contribution is 6.03. The number of Topliss-reactive ketones (excluding diaryl/α,β-unsaturated/α-hetero) is 1. The fourth-order valence-corrected chi connectivity index (χ4v) is 4.31. The van der Waals surface area contributed by atoms with Crippen LogP contribution in [0.4, 0.5) is 11.4 Å². The summed E-state index contributed by atoms with van der Waals surface area (Å²) in [6.45, 7) is 0.0711. The normalized spacial score (nSPS) is 12.9. The largest absolute Gasteiger partial charge is 0.506 e. The number of aromatic nitrogens is 1. The molecule has 2 heterocycles. The number of ether oxygens (including phenoxy) is 2. The number of nitro groups is 1. The van der Waals surface area contributed by atoms with E-state index in [0.29, 0.717) is 33.7 Å². The molecule has 1 aliphatic rings. The van der Waals surface area contributed by atoms with Gasteiger partial charge in [-0.25, -0.2) is 0 Å². The van der Waals surface area contributed by atoms with Crippen molar-refractivity contribution >= 4 is 28.1 Å². The van der Waals surface area contributed by atoms with E-state index in [4.69, 9.17) is 9.47 Å². The predicted molar refractivity (Wildman–Crippen MR) is 132 cm³/mol. The van der Waals surface area contributed by atoms with Crippen LogP contribution in [0.25, 0.3) is 10.9 Å². The van der Waals surface area contributed by atoms with E-state index >= 15 is 0 Å². The van der Waals surface area contributed by atoms with Crippen LogP contribution in [0.15, 0.2) is 71.5 Å². The van der Waals surface area contributed by atoms with Crippen LogP contribution in [0.2, 0.25) is 0 Å². The van der Waals surface area contributed by atoms with Gasteiger partial charge in [0.25, 0.3) is 11.2 Å². The van der Waals surface area contributed by atoms with Crippen LogP contribution in [0.1, 0.15) is 28.4 Å². The van der Waals surface area contributed by atoms with Crippen molar-refractivity contribution < 1.29 is 24.3 Å². The third-order valence-electron chi connectivity index (χ3n) is 6.14. The monoisotopic (exact) mass is 487 g/mol. The van der Waals surface area contributed by atoms with Gasteiger partial charge < -0.3 is 24.5 Å². The number of ketones is 1. The van der Waals surface area contributed by atoms with E-state index in [1.165, 1.54) is 29.8 Å². The lowest BCUT2D eigenvalue weighted by molar-refractivity contribution is -0.384. The molecule has 0 bridgehead atoms. The first-order valence-corrected chi connectivity index (χ1v) is 11.1. The number of aromatic hydroxyl groups is 1. The lowest BCUT2D eigenvalue weighted by Gasteiger charge is -2.21. The Hall–Kier alpha value is -4.86. The zero-order valence-electron chi connectivity index (χ0n) is 19.1. The first-order chi connectivity index (χ1) is 17.3. The van der Waals surface area contributed by atoms with E-state index < -0.39 is 22.3 Å². The molecule has 0 fully saturated rings. The van der Waals surface area contributed by atoms with Crippen molar-refractivity contribution in [2.24, 2.45) is 7.05 Å². The summed E-state index contributed by atoms with van der Waals surface area (Å²) in [5.41, 5.74) is 0.501. The number of hydrogen-bond acceptors (Lipinski definition) is 8. The molecule has 10 nitrogen and oxygen atoms in total. The lowest BCUT2D eigenvalue weighted by Crippen LogP contribution is -2.26.